The van der Waals surface area contributed by atoms with Crippen LogP contribution in [0.25, 0.3) is 0 Å². The van der Waals surface area contributed by atoms with E-state index in [4.69, 9.17) is 0 Å². The van der Waals surface area contributed by atoms with Gasteiger partial charge in [-0.25, -0.2) is 0 Å². The molecule has 0 saturated heterocycles. The molecule has 0 radical (unpaired) electrons. The van der Waals surface area contributed by atoms with Crippen LogP contribution in [-0.4, -0.2) is 12.7 Å². The molecule has 1 aromatic rings. The second-order valence-electron chi connectivity index (χ2n) is 4.88. The first-order valence-corrected chi connectivity index (χ1v) is 6.42. The molecule has 0 aromatic heterocycles. The quantitative estimate of drug-likeness (QED) is 0.839. The highest BCUT2D eigenvalue weighted by molar-refractivity contribution is 5.27. The third-order valence-electron chi connectivity index (χ3n) is 3.63. The SMILES string of the molecule is CC(NCc1ccc(OC(F)F)cc1)C1CCC1. The van der Waals surface area contributed by atoms with E-state index in [1.165, 1.54) is 19.3 Å². The lowest BCUT2D eigenvalue weighted by Gasteiger charge is -2.32. The van der Waals surface area contributed by atoms with Crippen LogP contribution in [0.15, 0.2) is 24.3 Å². The Hall–Kier alpha value is -1.16. The molecule has 0 aliphatic heterocycles. The van der Waals surface area contributed by atoms with Crippen LogP contribution in [0.1, 0.15) is 31.7 Å². The van der Waals surface area contributed by atoms with E-state index in [-0.39, 0.29) is 5.75 Å². The molecule has 2 nitrogen and oxygen atoms in total. The molecule has 1 aliphatic carbocycles. The van der Waals surface area contributed by atoms with Crippen LogP contribution in [0.4, 0.5) is 8.78 Å². The molecule has 1 saturated carbocycles. The van der Waals surface area contributed by atoms with Crippen molar-refractivity contribution < 1.29 is 13.5 Å². The van der Waals surface area contributed by atoms with Crippen molar-refractivity contribution in [2.24, 2.45) is 5.92 Å². The minimum absolute atomic E-state index is 0.209. The molecule has 18 heavy (non-hydrogen) atoms. The van der Waals surface area contributed by atoms with Crippen LogP contribution < -0.4 is 10.1 Å². The van der Waals surface area contributed by atoms with Gasteiger partial charge in [0, 0.05) is 12.6 Å². The number of benzene rings is 1. The fourth-order valence-corrected chi connectivity index (χ4v) is 2.17. The summed E-state index contributed by atoms with van der Waals surface area (Å²) in [5.41, 5.74) is 1.09. The van der Waals surface area contributed by atoms with E-state index in [0.717, 1.165) is 18.0 Å². The van der Waals surface area contributed by atoms with Crippen molar-refractivity contribution in [1.82, 2.24) is 5.32 Å². The summed E-state index contributed by atoms with van der Waals surface area (Å²) in [5.74, 6) is 1.01. The van der Waals surface area contributed by atoms with Gasteiger partial charge in [0.25, 0.3) is 0 Å². The van der Waals surface area contributed by atoms with Crippen LogP contribution >= 0.6 is 0 Å². The molecule has 0 spiro atoms. The van der Waals surface area contributed by atoms with Crippen LogP contribution in [-0.2, 0) is 6.54 Å². The number of ether oxygens (including phenoxy) is 1. The molecule has 4 heteroatoms. The lowest BCUT2D eigenvalue weighted by Crippen LogP contribution is -2.36. The van der Waals surface area contributed by atoms with Gasteiger partial charge >= 0.3 is 6.61 Å². The first-order valence-electron chi connectivity index (χ1n) is 6.42. The van der Waals surface area contributed by atoms with Gasteiger partial charge in [0.2, 0.25) is 0 Å². The minimum atomic E-state index is -2.76. The van der Waals surface area contributed by atoms with E-state index in [9.17, 15) is 8.78 Å². The number of alkyl halides is 2. The predicted octanol–water partition coefficient (Wildman–Crippen LogP) is 3.57. The molecule has 0 amide bonds. The number of hydrogen-bond donors (Lipinski definition) is 1. The Morgan fingerprint density at radius 1 is 1.28 bits per heavy atom. The fraction of sp³-hybridized carbons (Fsp3) is 0.571. The normalized spacial score (nSPS) is 17.6. The minimum Gasteiger partial charge on any atom is -0.435 e. The molecule has 1 fully saturated rings. The van der Waals surface area contributed by atoms with Gasteiger partial charge in [-0.05, 0) is 43.4 Å². The zero-order chi connectivity index (χ0) is 13.0. The van der Waals surface area contributed by atoms with Gasteiger partial charge in [-0.2, -0.15) is 8.78 Å². The van der Waals surface area contributed by atoms with Crippen molar-refractivity contribution in [3.8, 4) is 5.75 Å². The molecule has 0 heterocycles. The summed E-state index contributed by atoms with van der Waals surface area (Å²) in [6.07, 6.45) is 3.97. The molecule has 1 aromatic carbocycles. The van der Waals surface area contributed by atoms with Gasteiger partial charge in [0.05, 0.1) is 0 Å². The Morgan fingerprint density at radius 3 is 2.44 bits per heavy atom. The summed E-state index contributed by atoms with van der Waals surface area (Å²) in [6.45, 7) is 0.220. The zero-order valence-electron chi connectivity index (χ0n) is 10.5. The third-order valence-corrected chi connectivity index (χ3v) is 3.63. The van der Waals surface area contributed by atoms with Crippen LogP contribution in [0, 0.1) is 5.92 Å². The summed E-state index contributed by atoms with van der Waals surface area (Å²) in [4.78, 5) is 0. The van der Waals surface area contributed by atoms with Crippen LogP contribution in [0.5, 0.6) is 5.75 Å². The second kappa shape index (κ2) is 6.14. The monoisotopic (exact) mass is 255 g/mol. The van der Waals surface area contributed by atoms with E-state index >= 15 is 0 Å². The molecular weight excluding hydrogens is 236 g/mol. The largest absolute Gasteiger partial charge is 0.435 e. The standard InChI is InChI=1S/C14H19F2NO/c1-10(12-3-2-4-12)17-9-11-5-7-13(8-6-11)18-14(15)16/h5-8,10,12,14,17H,2-4,9H2,1H3. The molecule has 1 unspecified atom stereocenters. The van der Waals surface area contributed by atoms with Gasteiger partial charge in [0.15, 0.2) is 0 Å². The molecular formula is C14H19F2NO. The maximum Gasteiger partial charge on any atom is 0.387 e. The highest BCUT2D eigenvalue weighted by atomic mass is 19.3. The maximum atomic E-state index is 12.0. The lowest BCUT2D eigenvalue weighted by molar-refractivity contribution is -0.0498. The van der Waals surface area contributed by atoms with Crippen molar-refractivity contribution >= 4 is 0 Å². The Morgan fingerprint density at radius 2 is 1.94 bits per heavy atom. The van der Waals surface area contributed by atoms with Gasteiger partial charge in [-0.3, -0.25) is 0 Å². The van der Waals surface area contributed by atoms with Gasteiger partial charge in [0.1, 0.15) is 5.75 Å². The second-order valence-corrected chi connectivity index (χ2v) is 4.88. The summed E-state index contributed by atoms with van der Waals surface area (Å²) in [7, 11) is 0. The zero-order valence-corrected chi connectivity index (χ0v) is 10.5. The van der Waals surface area contributed by atoms with Crippen molar-refractivity contribution in [3.63, 3.8) is 0 Å². The average molecular weight is 255 g/mol. The summed E-state index contributed by atoms with van der Waals surface area (Å²) >= 11 is 0. The third kappa shape index (κ3) is 3.67. The lowest BCUT2D eigenvalue weighted by atomic mass is 9.80. The van der Waals surface area contributed by atoms with Gasteiger partial charge < -0.3 is 10.1 Å². The summed E-state index contributed by atoms with van der Waals surface area (Å²) in [5, 5.41) is 3.47. The first kappa shape index (κ1) is 13.3. The van der Waals surface area contributed by atoms with Crippen molar-refractivity contribution in [2.45, 2.75) is 45.4 Å². The molecule has 0 bridgehead atoms. The Labute approximate surface area is 106 Å². The highest BCUT2D eigenvalue weighted by Gasteiger charge is 2.23. The van der Waals surface area contributed by atoms with Crippen molar-refractivity contribution in [2.75, 3.05) is 0 Å². The number of hydrogen-bond acceptors (Lipinski definition) is 2. The van der Waals surface area contributed by atoms with Crippen LogP contribution in [0.3, 0.4) is 0 Å². The van der Waals surface area contributed by atoms with E-state index < -0.39 is 6.61 Å². The number of rotatable bonds is 6. The topological polar surface area (TPSA) is 21.3 Å². The smallest absolute Gasteiger partial charge is 0.387 e. The molecule has 1 atom stereocenters. The maximum absolute atomic E-state index is 12.0. The van der Waals surface area contributed by atoms with Gasteiger partial charge in [-0.1, -0.05) is 18.6 Å². The van der Waals surface area contributed by atoms with Crippen molar-refractivity contribution in [1.29, 1.82) is 0 Å². The van der Waals surface area contributed by atoms with E-state index in [0.29, 0.717) is 6.04 Å². The van der Waals surface area contributed by atoms with Crippen molar-refractivity contribution in [3.05, 3.63) is 29.8 Å². The Balaban J connectivity index is 1.78. The molecule has 2 rings (SSSR count). The number of halogens is 2. The van der Waals surface area contributed by atoms with Crippen LogP contribution in [0.2, 0.25) is 0 Å². The Kier molecular flexibility index (Phi) is 4.53. The Bertz CT molecular complexity index is 363. The highest BCUT2D eigenvalue weighted by Crippen LogP contribution is 2.29. The first-order chi connectivity index (χ1) is 8.65. The molecule has 100 valence electrons. The average Bonchev–Trinajstić information content (AvgIpc) is 2.25. The number of nitrogens with one attached hydrogen (secondary N) is 1. The summed E-state index contributed by atoms with van der Waals surface area (Å²) in [6, 6.07) is 7.32. The molecule has 1 N–H and O–H groups in total. The predicted molar refractivity (Wildman–Crippen MR) is 66.7 cm³/mol. The summed E-state index contributed by atoms with van der Waals surface area (Å²) < 4.78 is 28.3. The van der Waals surface area contributed by atoms with E-state index in [1.807, 2.05) is 12.1 Å². The fourth-order valence-electron chi connectivity index (χ4n) is 2.17. The van der Waals surface area contributed by atoms with E-state index in [2.05, 4.69) is 17.0 Å². The van der Waals surface area contributed by atoms with E-state index in [1.54, 1.807) is 12.1 Å². The van der Waals surface area contributed by atoms with Gasteiger partial charge in [-0.15, -0.1) is 0 Å². The molecule has 1 aliphatic rings.